The molecule has 6 rings (SSSR count). The van der Waals surface area contributed by atoms with E-state index in [1.165, 1.54) is 4.52 Å². The van der Waals surface area contributed by atoms with Gasteiger partial charge in [0, 0.05) is 30.4 Å². The van der Waals surface area contributed by atoms with Gasteiger partial charge in [0.2, 0.25) is 10.0 Å². The van der Waals surface area contributed by atoms with Crippen LogP contribution in [0.5, 0.6) is 0 Å². The van der Waals surface area contributed by atoms with E-state index < -0.39 is 22.0 Å². The number of benzene rings is 1. The van der Waals surface area contributed by atoms with Crippen molar-refractivity contribution in [3.8, 4) is 11.3 Å². The minimum absolute atomic E-state index is 0.0272. The Labute approximate surface area is 225 Å². The molecule has 0 spiro atoms. The number of aromatic nitrogens is 3. The van der Waals surface area contributed by atoms with Gasteiger partial charge in [0.15, 0.2) is 11.5 Å². The first-order valence-electron chi connectivity index (χ1n) is 13.1. The van der Waals surface area contributed by atoms with Crippen molar-refractivity contribution < 1.29 is 23.1 Å². The normalized spacial score (nSPS) is 21.8. The van der Waals surface area contributed by atoms with Gasteiger partial charge in [0.1, 0.15) is 5.56 Å². The zero-order valence-corrected chi connectivity index (χ0v) is 22.5. The first-order valence-corrected chi connectivity index (χ1v) is 15.0. The Balaban J connectivity index is 1.39. The Morgan fingerprint density at radius 1 is 1.23 bits per heavy atom. The first-order chi connectivity index (χ1) is 18.5. The number of nitrogens with two attached hydrogens (primary N) is 1. The summed E-state index contributed by atoms with van der Waals surface area (Å²) in [5, 5.41) is 17.0. The lowest BCUT2D eigenvalue weighted by molar-refractivity contribution is 0.0698. The van der Waals surface area contributed by atoms with Gasteiger partial charge in [-0.2, -0.15) is 0 Å². The molecule has 0 saturated heterocycles. The molecular weight excluding hydrogens is 522 g/mol. The Bertz CT molecular complexity index is 1610. The third kappa shape index (κ3) is 4.80. The molecule has 206 valence electrons. The van der Waals surface area contributed by atoms with Crippen LogP contribution in [0.4, 0.5) is 11.5 Å². The third-order valence-electron chi connectivity index (χ3n) is 7.90. The topological polar surface area (TPSA) is 172 Å². The summed E-state index contributed by atoms with van der Waals surface area (Å²) < 4.78 is 28.4. The Morgan fingerprint density at radius 2 is 2.00 bits per heavy atom. The van der Waals surface area contributed by atoms with E-state index >= 15 is 0 Å². The van der Waals surface area contributed by atoms with E-state index in [-0.39, 0.29) is 40.7 Å². The van der Waals surface area contributed by atoms with Crippen LogP contribution in [0, 0.1) is 5.92 Å². The summed E-state index contributed by atoms with van der Waals surface area (Å²) in [6, 6.07) is 5.04. The average molecular weight is 554 g/mol. The molecule has 1 aromatic carbocycles. The Morgan fingerprint density at radius 3 is 2.67 bits per heavy atom. The van der Waals surface area contributed by atoms with E-state index in [1.54, 1.807) is 23.2 Å². The van der Waals surface area contributed by atoms with Crippen molar-refractivity contribution in [3.05, 3.63) is 41.1 Å². The predicted octanol–water partition coefficient (Wildman–Crippen LogP) is 1.75. The van der Waals surface area contributed by atoms with E-state index in [2.05, 4.69) is 20.1 Å². The summed E-state index contributed by atoms with van der Waals surface area (Å²) in [6.45, 7) is 2.41. The lowest BCUT2D eigenvalue weighted by Gasteiger charge is -2.24. The van der Waals surface area contributed by atoms with E-state index in [9.17, 15) is 23.1 Å². The number of aliphatic hydroxyl groups is 1. The van der Waals surface area contributed by atoms with Crippen molar-refractivity contribution in [2.24, 2.45) is 5.92 Å². The lowest BCUT2D eigenvalue weighted by Crippen LogP contribution is -2.34. The lowest BCUT2D eigenvalue weighted by atomic mass is 10.0. The first kappa shape index (κ1) is 25.6. The minimum atomic E-state index is -3.67. The number of nitrogen functional groups attached to an aromatic ring is 1. The van der Waals surface area contributed by atoms with Gasteiger partial charge in [-0.05, 0) is 68.7 Å². The molecule has 2 amide bonds. The molecule has 39 heavy (non-hydrogen) atoms. The molecule has 0 radical (unpaired) electrons. The van der Waals surface area contributed by atoms with E-state index in [1.807, 2.05) is 13.0 Å². The summed E-state index contributed by atoms with van der Waals surface area (Å²) in [5.41, 5.74) is 8.80. The van der Waals surface area contributed by atoms with Crippen LogP contribution in [0.2, 0.25) is 0 Å². The van der Waals surface area contributed by atoms with E-state index in [0.717, 1.165) is 19.1 Å². The number of carbonyl (C=O) groups excluding carboxylic acids is 2. The quantitative estimate of drug-likeness (QED) is 0.343. The molecule has 13 heteroatoms. The summed E-state index contributed by atoms with van der Waals surface area (Å²) in [5.74, 6) is -0.123. The van der Waals surface area contributed by atoms with Gasteiger partial charge in [-0.3, -0.25) is 14.3 Å². The molecule has 5 N–H and O–H groups in total. The number of nitrogens with zero attached hydrogens (tertiary/aromatic N) is 4. The fourth-order valence-electron chi connectivity index (χ4n) is 5.74. The molecule has 2 saturated carbocycles. The molecule has 1 unspecified atom stereocenters. The number of rotatable bonds is 7. The maximum absolute atomic E-state index is 13.4. The maximum atomic E-state index is 13.4. The number of fused-ring (bicyclic) bond motifs is 2. The number of aliphatic hydroxyl groups excluding tert-OH is 1. The second-order valence-electron chi connectivity index (χ2n) is 10.9. The summed E-state index contributed by atoms with van der Waals surface area (Å²) in [4.78, 5) is 33.0. The highest BCUT2D eigenvalue weighted by Gasteiger charge is 2.40. The van der Waals surface area contributed by atoms with Gasteiger partial charge in [0.25, 0.3) is 11.8 Å². The zero-order chi connectivity index (χ0) is 27.6. The fraction of sp³-hybridized carbons (Fsp3) is 0.462. The molecular formula is C26H31N7O5S. The summed E-state index contributed by atoms with van der Waals surface area (Å²) in [7, 11) is -3.67. The van der Waals surface area contributed by atoms with Crippen molar-refractivity contribution in [3.63, 3.8) is 0 Å². The second kappa shape index (κ2) is 9.19. The van der Waals surface area contributed by atoms with Crippen LogP contribution >= 0.6 is 0 Å². The molecule has 3 aromatic rings. The molecule has 2 aliphatic carbocycles. The monoisotopic (exact) mass is 553 g/mol. The van der Waals surface area contributed by atoms with Crippen LogP contribution in [0.25, 0.3) is 16.9 Å². The van der Waals surface area contributed by atoms with Gasteiger partial charge in [-0.1, -0.05) is 0 Å². The smallest absolute Gasteiger partial charge is 0.259 e. The molecule has 2 aromatic heterocycles. The van der Waals surface area contributed by atoms with Crippen molar-refractivity contribution in [1.29, 1.82) is 0 Å². The number of hydrogen-bond donors (Lipinski definition) is 4. The number of hydrogen-bond acceptors (Lipinski definition) is 8. The van der Waals surface area contributed by atoms with Crippen LogP contribution < -0.4 is 15.8 Å². The predicted molar refractivity (Wildman–Crippen MR) is 144 cm³/mol. The van der Waals surface area contributed by atoms with Crippen LogP contribution in [0.3, 0.4) is 0 Å². The molecule has 3 atom stereocenters. The van der Waals surface area contributed by atoms with Gasteiger partial charge >= 0.3 is 0 Å². The van der Waals surface area contributed by atoms with Crippen molar-refractivity contribution >= 4 is 39.0 Å². The van der Waals surface area contributed by atoms with Crippen molar-refractivity contribution in [1.82, 2.24) is 24.8 Å². The van der Waals surface area contributed by atoms with E-state index in [4.69, 9.17) is 5.73 Å². The van der Waals surface area contributed by atoms with Crippen molar-refractivity contribution in [2.45, 2.75) is 63.8 Å². The Kier molecular flexibility index (Phi) is 6.03. The highest BCUT2D eigenvalue weighted by Crippen LogP contribution is 2.41. The molecule has 1 aliphatic heterocycles. The SMILES string of the molecule is CC(C1CC1)N1Cc2cc(-c3ccn4nc(N)c(C(=O)N[C@@H]5CC[C@@H](O)C5)c4n3)cc(NS(C)(=O)=O)c2C1=O. The van der Waals surface area contributed by atoms with Crippen LogP contribution in [-0.4, -0.2) is 69.3 Å². The van der Waals surface area contributed by atoms with Crippen LogP contribution in [0.15, 0.2) is 24.4 Å². The maximum Gasteiger partial charge on any atom is 0.259 e. The van der Waals surface area contributed by atoms with Gasteiger partial charge in [-0.15, -0.1) is 5.10 Å². The highest BCUT2D eigenvalue weighted by molar-refractivity contribution is 7.92. The number of carbonyl (C=O) groups is 2. The number of sulfonamides is 1. The van der Waals surface area contributed by atoms with Crippen LogP contribution in [-0.2, 0) is 16.6 Å². The molecule has 0 bridgehead atoms. The van der Waals surface area contributed by atoms with Gasteiger partial charge in [-0.25, -0.2) is 17.9 Å². The molecule has 2 fully saturated rings. The van der Waals surface area contributed by atoms with Gasteiger partial charge in [0.05, 0.1) is 29.3 Å². The zero-order valence-electron chi connectivity index (χ0n) is 21.7. The number of anilines is 2. The molecule has 3 aliphatic rings. The highest BCUT2D eigenvalue weighted by atomic mass is 32.2. The van der Waals surface area contributed by atoms with E-state index in [0.29, 0.717) is 54.1 Å². The summed E-state index contributed by atoms with van der Waals surface area (Å²) in [6.07, 6.45) is 6.17. The second-order valence-corrected chi connectivity index (χ2v) is 12.7. The number of amides is 2. The summed E-state index contributed by atoms with van der Waals surface area (Å²) >= 11 is 0. The fourth-order valence-corrected chi connectivity index (χ4v) is 6.30. The third-order valence-corrected chi connectivity index (χ3v) is 8.49. The standard InChI is InChI=1S/C26H31N7O5S/c1-13(14-3-4-14)32-12-16-9-15(10-20(21(16)26(32)36)31-39(2,37)38)19-7-8-33-24(29-19)22(23(27)30-33)25(35)28-17-5-6-18(34)11-17/h7-10,13-14,17-18,31,34H,3-6,11-12H2,1-2H3,(H2,27,30)(H,28,35)/t13?,17-,18-/m1/s1. The minimum Gasteiger partial charge on any atom is -0.393 e. The van der Waals surface area contributed by atoms with Crippen molar-refractivity contribution in [2.75, 3.05) is 16.7 Å². The molecule has 3 heterocycles. The number of nitrogens with one attached hydrogen (secondary N) is 2. The average Bonchev–Trinajstić information content (AvgIpc) is 3.43. The van der Waals surface area contributed by atoms with Gasteiger partial charge < -0.3 is 21.1 Å². The largest absolute Gasteiger partial charge is 0.393 e. The molecule has 12 nitrogen and oxygen atoms in total. The Hall–Kier alpha value is -3.71. The van der Waals surface area contributed by atoms with Crippen LogP contribution in [0.1, 0.15) is 65.3 Å².